The molecule has 13 heavy (non-hydrogen) atoms. The second-order valence-corrected chi connectivity index (χ2v) is 3.97. The second kappa shape index (κ2) is 4.92. The van der Waals surface area contributed by atoms with Crippen LogP contribution in [0.5, 0.6) is 0 Å². The van der Waals surface area contributed by atoms with Crippen molar-refractivity contribution in [3.05, 3.63) is 11.9 Å². The van der Waals surface area contributed by atoms with Gasteiger partial charge in [0.2, 0.25) is 0 Å². The van der Waals surface area contributed by atoms with Gasteiger partial charge >= 0.3 is 0 Å². The van der Waals surface area contributed by atoms with Gasteiger partial charge in [0.05, 0.1) is 6.67 Å². The van der Waals surface area contributed by atoms with Crippen LogP contribution in [0.4, 0.5) is 0 Å². The predicted molar refractivity (Wildman–Crippen MR) is 51.2 cm³/mol. The summed E-state index contributed by atoms with van der Waals surface area (Å²) < 4.78 is 0. The summed E-state index contributed by atoms with van der Waals surface area (Å²) in [6.07, 6.45) is 3.36. The summed E-state index contributed by atoms with van der Waals surface area (Å²) in [6, 6.07) is 1.14. The van der Waals surface area contributed by atoms with E-state index in [1.807, 2.05) is 0 Å². The largest absolute Gasteiger partial charge is 0.535 e. The molecular weight excluding hydrogens is 204 g/mol. The van der Waals surface area contributed by atoms with Gasteiger partial charge in [-0.3, -0.25) is 0 Å². The van der Waals surface area contributed by atoms with E-state index in [-0.39, 0.29) is 17.1 Å². The van der Waals surface area contributed by atoms with E-state index in [0.29, 0.717) is 12.1 Å². The van der Waals surface area contributed by atoms with Gasteiger partial charge in [-0.25, -0.2) is 0 Å². The van der Waals surface area contributed by atoms with Crippen molar-refractivity contribution in [2.24, 2.45) is 0 Å². The minimum absolute atomic E-state index is 0. The normalized spacial score (nSPS) is 16.7. The van der Waals surface area contributed by atoms with E-state index in [1.54, 1.807) is 0 Å². The minimum Gasteiger partial charge on any atom is -0.535 e. The molecule has 0 saturated carbocycles. The molecule has 3 heteroatoms. The average Bonchev–Trinajstić information content (AvgIpc) is 2.30. The maximum absolute atomic E-state index is 3.36. The Balaban J connectivity index is 0.00000144. The summed E-state index contributed by atoms with van der Waals surface area (Å²) in [6.45, 7) is 12.0. The van der Waals surface area contributed by atoms with E-state index < -0.39 is 0 Å². The molecule has 0 aromatic carbocycles. The molecule has 0 aliphatic carbocycles. The standard InChI is InChI=1S/C10H19N2.Fe/c1-8(2)11-6-10(5)12(7-11)9(3)4;/h8-9H,7H2,1-5H3;/q-1;. The number of hydrogen-bond acceptors (Lipinski definition) is 2. The van der Waals surface area contributed by atoms with E-state index in [9.17, 15) is 0 Å². The first-order chi connectivity index (χ1) is 5.52. The summed E-state index contributed by atoms with van der Waals surface area (Å²) in [4.78, 5) is 4.61. The molecular formula is C10H19FeN2-. The summed E-state index contributed by atoms with van der Waals surface area (Å²) in [5.74, 6) is 0. The first-order valence-electron chi connectivity index (χ1n) is 4.66. The first kappa shape index (κ1) is 12.9. The summed E-state index contributed by atoms with van der Waals surface area (Å²) in [5, 5.41) is 0. The predicted octanol–water partition coefficient (Wildman–Crippen LogP) is 2.04. The Hall–Kier alpha value is -0.141. The van der Waals surface area contributed by atoms with E-state index in [4.69, 9.17) is 0 Å². The van der Waals surface area contributed by atoms with Crippen LogP contribution in [0.25, 0.3) is 0 Å². The monoisotopic (exact) mass is 223 g/mol. The van der Waals surface area contributed by atoms with Gasteiger partial charge < -0.3 is 16.0 Å². The van der Waals surface area contributed by atoms with Gasteiger partial charge in [-0.15, -0.1) is 0 Å². The van der Waals surface area contributed by atoms with Crippen molar-refractivity contribution in [1.82, 2.24) is 9.80 Å². The summed E-state index contributed by atoms with van der Waals surface area (Å²) in [5.41, 5.74) is 1.26. The molecule has 0 bridgehead atoms. The molecule has 0 radical (unpaired) electrons. The van der Waals surface area contributed by atoms with E-state index >= 15 is 0 Å². The number of hydrogen-bond donors (Lipinski definition) is 0. The Labute approximate surface area is 92.4 Å². The molecule has 1 heterocycles. The Bertz CT molecular complexity index is 187. The van der Waals surface area contributed by atoms with Crippen LogP contribution in [0, 0.1) is 6.20 Å². The Morgan fingerprint density at radius 2 is 1.69 bits per heavy atom. The van der Waals surface area contributed by atoms with Crippen LogP contribution >= 0.6 is 0 Å². The molecule has 0 saturated heterocycles. The van der Waals surface area contributed by atoms with Crippen LogP contribution < -0.4 is 0 Å². The third kappa shape index (κ3) is 2.92. The van der Waals surface area contributed by atoms with E-state index in [0.717, 1.165) is 6.67 Å². The zero-order valence-electron chi connectivity index (χ0n) is 9.11. The van der Waals surface area contributed by atoms with Crippen LogP contribution in [-0.2, 0) is 17.1 Å². The molecule has 0 aromatic heterocycles. The number of rotatable bonds is 2. The molecule has 0 unspecified atom stereocenters. The van der Waals surface area contributed by atoms with Crippen molar-refractivity contribution < 1.29 is 17.1 Å². The molecule has 1 aliphatic rings. The van der Waals surface area contributed by atoms with Crippen molar-refractivity contribution in [2.75, 3.05) is 6.67 Å². The van der Waals surface area contributed by atoms with Gasteiger partial charge in [-0.2, -0.15) is 5.70 Å². The SMILES string of the molecule is CC1=[C-]N(C(C)C)CN1C(C)C.[Fe]. The Kier molecular flexibility index (Phi) is 4.87. The Morgan fingerprint density at radius 1 is 1.15 bits per heavy atom. The first-order valence-corrected chi connectivity index (χ1v) is 4.66. The molecule has 0 atom stereocenters. The fraction of sp³-hybridized carbons (Fsp3) is 0.800. The summed E-state index contributed by atoms with van der Waals surface area (Å²) in [7, 11) is 0. The van der Waals surface area contributed by atoms with Crippen LogP contribution in [0.1, 0.15) is 34.6 Å². The smallest absolute Gasteiger partial charge is 0.0572 e. The molecule has 0 amide bonds. The fourth-order valence-corrected chi connectivity index (χ4v) is 1.42. The molecule has 0 spiro atoms. The molecule has 0 N–H and O–H groups in total. The van der Waals surface area contributed by atoms with Gasteiger partial charge in [-0.1, -0.05) is 6.92 Å². The molecule has 0 aromatic rings. The van der Waals surface area contributed by atoms with Gasteiger partial charge in [0.1, 0.15) is 0 Å². The van der Waals surface area contributed by atoms with Gasteiger partial charge in [0, 0.05) is 23.1 Å². The van der Waals surface area contributed by atoms with Crippen molar-refractivity contribution in [3.63, 3.8) is 0 Å². The van der Waals surface area contributed by atoms with Gasteiger partial charge in [0.25, 0.3) is 0 Å². The van der Waals surface area contributed by atoms with Crippen molar-refractivity contribution in [1.29, 1.82) is 0 Å². The number of nitrogens with zero attached hydrogens (tertiary/aromatic N) is 2. The van der Waals surface area contributed by atoms with Crippen LogP contribution in [0.15, 0.2) is 5.70 Å². The van der Waals surface area contributed by atoms with Gasteiger partial charge in [-0.05, 0) is 33.7 Å². The molecule has 78 valence electrons. The van der Waals surface area contributed by atoms with Crippen LogP contribution in [-0.4, -0.2) is 28.6 Å². The quantitative estimate of drug-likeness (QED) is 0.522. The fourth-order valence-electron chi connectivity index (χ4n) is 1.42. The maximum atomic E-state index is 3.36. The molecule has 1 rings (SSSR count). The van der Waals surface area contributed by atoms with Crippen molar-refractivity contribution in [2.45, 2.75) is 46.7 Å². The topological polar surface area (TPSA) is 6.48 Å². The third-order valence-corrected chi connectivity index (χ3v) is 2.29. The Morgan fingerprint density at radius 3 is 1.92 bits per heavy atom. The minimum atomic E-state index is 0. The number of allylic oxidation sites excluding steroid dienone is 1. The van der Waals surface area contributed by atoms with Crippen molar-refractivity contribution >= 4 is 0 Å². The van der Waals surface area contributed by atoms with Gasteiger partial charge in [0.15, 0.2) is 0 Å². The second-order valence-electron chi connectivity index (χ2n) is 3.97. The van der Waals surface area contributed by atoms with E-state index in [1.165, 1.54) is 5.70 Å². The molecule has 2 nitrogen and oxygen atoms in total. The zero-order valence-corrected chi connectivity index (χ0v) is 10.2. The van der Waals surface area contributed by atoms with Crippen molar-refractivity contribution in [3.8, 4) is 0 Å². The van der Waals surface area contributed by atoms with E-state index in [2.05, 4.69) is 50.6 Å². The summed E-state index contributed by atoms with van der Waals surface area (Å²) >= 11 is 0. The maximum Gasteiger partial charge on any atom is 0.0572 e. The van der Waals surface area contributed by atoms with Crippen LogP contribution in [0.2, 0.25) is 0 Å². The van der Waals surface area contributed by atoms with Crippen LogP contribution in [0.3, 0.4) is 0 Å². The molecule has 1 aliphatic heterocycles. The average molecular weight is 223 g/mol. The third-order valence-electron chi connectivity index (χ3n) is 2.29. The zero-order chi connectivity index (χ0) is 9.30. The molecule has 0 fully saturated rings.